The Balaban J connectivity index is 2.50. The van der Waals surface area contributed by atoms with Gasteiger partial charge >= 0.3 is 0 Å². The van der Waals surface area contributed by atoms with Gasteiger partial charge in [-0.3, -0.25) is 4.98 Å². The van der Waals surface area contributed by atoms with Crippen molar-refractivity contribution in [3.63, 3.8) is 0 Å². The van der Waals surface area contributed by atoms with Gasteiger partial charge < -0.3 is 10.4 Å². The van der Waals surface area contributed by atoms with Crippen molar-refractivity contribution >= 4 is 10.8 Å². The van der Waals surface area contributed by atoms with Crippen molar-refractivity contribution in [2.24, 2.45) is 0 Å². The molecule has 0 spiro atoms. The quantitative estimate of drug-likeness (QED) is 0.792. The van der Waals surface area contributed by atoms with E-state index in [4.69, 9.17) is 0 Å². The van der Waals surface area contributed by atoms with Crippen LogP contribution in [0.4, 0.5) is 0 Å². The average molecular weight is 202 g/mol. The van der Waals surface area contributed by atoms with E-state index < -0.39 is 6.10 Å². The summed E-state index contributed by atoms with van der Waals surface area (Å²) < 4.78 is 0. The molecule has 3 nitrogen and oxygen atoms in total. The molecule has 3 heteroatoms. The number of pyridine rings is 1. The zero-order chi connectivity index (χ0) is 10.7. The maximum Gasteiger partial charge on any atom is 0.0935 e. The summed E-state index contributed by atoms with van der Waals surface area (Å²) in [6, 6.07) is 7.94. The second-order valence-corrected chi connectivity index (χ2v) is 3.52. The lowest BCUT2D eigenvalue weighted by molar-refractivity contribution is 0.179. The highest BCUT2D eigenvalue weighted by molar-refractivity contribution is 5.84. The highest BCUT2D eigenvalue weighted by Crippen LogP contribution is 2.22. The molecule has 0 fully saturated rings. The van der Waals surface area contributed by atoms with Crippen LogP contribution in [0.1, 0.15) is 11.7 Å². The molecule has 1 aromatic heterocycles. The monoisotopic (exact) mass is 202 g/mol. The normalized spacial score (nSPS) is 12.9. The Bertz CT molecular complexity index is 451. The fraction of sp³-hybridized carbons (Fsp3) is 0.250. The molecule has 0 saturated heterocycles. The van der Waals surface area contributed by atoms with Gasteiger partial charge in [0.2, 0.25) is 0 Å². The predicted molar refractivity (Wildman–Crippen MR) is 60.6 cm³/mol. The lowest BCUT2D eigenvalue weighted by Crippen LogP contribution is -2.17. The van der Waals surface area contributed by atoms with E-state index in [-0.39, 0.29) is 0 Å². The number of nitrogens with zero attached hydrogens (tertiary/aromatic N) is 1. The smallest absolute Gasteiger partial charge is 0.0935 e. The predicted octanol–water partition coefficient (Wildman–Crippen LogP) is 1.49. The molecule has 0 saturated carbocycles. The Morgan fingerprint density at radius 1 is 1.33 bits per heavy atom. The van der Waals surface area contributed by atoms with Crippen molar-refractivity contribution in [3.05, 3.63) is 42.2 Å². The van der Waals surface area contributed by atoms with Crippen LogP contribution in [0, 0.1) is 0 Å². The van der Waals surface area contributed by atoms with E-state index in [0.29, 0.717) is 6.54 Å². The van der Waals surface area contributed by atoms with Gasteiger partial charge in [-0.25, -0.2) is 0 Å². The molecule has 2 N–H and O–H groups in total. The maximum atomic E-state index is 9.92. The van der Waals surface area contributed by atoms with E-state index in [0.717, 1.165) is 16.3 Å². The van der Waals surface area contributed by atoms with E-state index in [1.807, 2.05) is 37.5 Å². The fourth-order valence-corrected chi connectivity index (χ4v) is 1.71. The summed E-state index contributed by atoms with van der Waals surface area (Å²) in [4.78, 5) is 4.13. The molecule has 0 amide bonds. The van der Waals surface area contributed by atoms with E-state index in [1.165, 1.54) is 0 Å². The SMILES string of the molecule is CNCC(O)c1cncc2ccccc12. The number of aromatic nitrogens is 1. The summed E-state index contributed by atoms with van der Waals surface area (Å²) in [5.74, 6) is 0. The molecule has 15 heavy (non-hydrogen) atoms. The summed E-state index contributed by atoms with van der Waals surface area (Å²) in [6.07, 6.45) is 3.03. The molecule has 0 aliphatic carbocycles. The van der Waals surface area contributed by atoms with E-state index in [1.54, 1.807) is 6.20 Å². The second kappa shape index (κ2) is 4.38. The minimum atomic E-state index is -0.506. The third-order valence-electron chi connectivity index (χ3n) is 2.46. The maximum absolute atomic E-state index is 9.92. The Hall–Kier alpha value is -1.45. The largest absolute Gasteiger partial charge is 0.387 e. The molecule has 0 radical (unpaired) electrons. The van der Waals surface area contributed by atoms with Gasteiger partial charge in [0.25, 0.3) is 0 Å². The van der Waals surface area contributed by atoms with Crippen LogP contribution < -0.4 is 5.32 Å². The molecular weight excluding hydrogens is 188 g/mol. The molecule has 0 aliphatic heterocycles. The first-order valence-electron chi connectivity index (χ1n) is 4.98. The van der Waals surface area contributed by atoms with Gasteiger partial charge in [-0.15, -0.1) is 0 Å². The van der Waals surface area contributed by atoms with Gasteiger partial charge in [0, 0.05) is 29.9 Å². The van der Waals surface area contributed by atoms with Crippen molar-refractivity contribution in [2.45, 2.75) is 6.10 Å². The van der Waals surface area contributed by atoms with Crippen molar-refractivity contribution in [1.29, 1.82) is 0 Å². The van der Waals surface area contributed by atoms with E-state index in [9.17, 15) is 5.11 Å². The van der Waals surface area contributed by atoms with Gasteiger partial charge in [-0.2, -0.15) is 0 Å². The lowest BCUT2D eigenvalue weighted by Gasteiger charge is -2.12. The Morgan fingerprint density at radius 2 is 2.13 bits per heavy atom. The van der Waals surface area contributed by atoms with Crippen LogP contribution >= 0.6 is 0 Å². The van der Waals surface area contributed by atoms with Crippen molar-refractivity contribution in [3.8, 4) is 0 Å². The first kappa shape index (κ1) is 10.1. The number of nitrogens with one attached hydrogen (secondary N) is 1. The van der Waals surface area contributed by atoms with Crippen molar-refractivity contribution in [2.75, 3.05) is 13.6 Å². The molecule has 2 rings (SSSR count). The number of hydrogen-bond donors (Lipinski definition) is 2. The fourth-order valence-electron chi connectivity index (χ4n) is 1.71. The average Bonchev–Trinajstić information content (AvgIpc) is 2.28. The van der Waals surface area contributed by atoms with Gasteiger partial charge in [-0.1, -0.05) is 24.3 Å². The van der Waals surface area contributed by atoms with Crippen LogP contribution in [0.15, 0.2) is 36.7 Å². The summed E-state index contributed by atoms with van der Waals surface area (Å²) in [7, 11) is 1.82. The number of aliphatic hydroxyl groups is 1. The van der Waals surface area contributed by atoms with E-state index >= 15 is 0 Å². The molecular formula is C12H14N2O. The van der Waals surface area contributed by atoms with Crippen LogP contribution in [0.25, 0.3) is 10.8 Å². The first-order chi connectivity index (χ1) is 7.33. The third-order valence-corrected chi connectivity index (χ3v) is 2.46. The number of aliphatic hydroxyl groups excluding tert-OH is 1. The zero-order valence-corrected chi connectivity index (χ0v) is 8.64. The number of fused-ring (bicyclic) bond motifs is 1. The van der Waals surface area contributed by atoms with E-state index in [2.05, 4.69) is 10.3 Å². The Morgan fingerprint density at radius 3 is 2.93 bits per heavy atom. The van der Waals surface area contributed by atoms with Crippen LogP contribution in [-0.4, -0.2) is 23.7 Å². The van der Waals surface area contributed by atoms with Crippen molar-refractivity contribution < 1.29 is 5.11 Å². The molecule has 1 atom stereocenters. The van der Waals surface area contributed by atoms with Gasteiger partial charge in [0.05, 0.1) is 6.10 Å². The Labute approximate surface area is 88.8 Å². The second-order valence-electron chi connectivity index (χ2n) is 3.52. The lowest BCUT2D eigenvalue weighted by atomic mass is 10.0. The highest BCUT2D eigenvalue weighted by Gasteiger charge is 2.09. The van der Waals surface area contributed by atoms with Crippen LogP contribution in [0.2, 0.25) is 0 Å². The van der Waals surface area contributed by atoms with Gasteiger partial charge in [-0.05, 0) is 12.4 Å². The number of benzene rings is 1. The van der Waals surface area contributed by atoms with Crippen LogP contribution in [-0.2, 0) is 0 Å². The highest BCUT2D eigenvalue weighted by atomic mass is 16.3. The standard InChI is InChI=1S/C12H14N2O/c1-13-8-12(15)11-7-14-6-9-4-2-3-5-10(9)11/h2-7,12-13,15H,8H2,1H3. The van der Waals surface area contributed by atoms with Crippen LogP contribution in [0.5, 0.6) is 0 Å². The molecule has 0 aliphatic rings. The molecule has 1 aromatic carbocycles. The Kier molecular flexibility index (Phi) is 2.94. The summed E-state index contributed by atoms with van der Waals surface area (Å²) in [5.41, 5.74) is 0.877. The zero-order valence-electron chi connectivity index (χ0n) is 8.64. The molecule has 1 heterocycles. The number of hydrogen-bond acceptors (Lipinski definition) is 3. The van der Waals surface area contributed by atoms with Gasteiger partial charge in [0.15, 0.2) is 0 Å². The van der Waals surface area contributed by atoms with Crippen molar-refractivity contribution in [1.82, 2.24) is 10.3 Å². The number of rotatable bonds is 3. The molecule has 2 aromatic rings. The summed E-state index contributed by atoms with van der Waals surface area (Å²) in [6.45, 7) is 0.537. The first-order valence-corrected chi connectivity index (χ1v) is 4.98. The topological polar surface area (TPSA) is 45.1 Å². The summed E-state index contributed by atoms with van der Waals surface area (Å²) in [5, 5.41) is 15.0. The third kappa shape index (κ3) is 1.98. The number of likely N-dealkylation sites (N-methyl/N-ethyl adjacent to an activating group) is 1. The molecule has 1 unspecified atom stereocenters. The minimum Gasteiger partial charge on any atom is -0.387 e. The minimum absolute atomic E-state index is 0.506. The van der Waals surface area contributed by atoms with Gasteiger partial charge in [0.1, 0.15) is 0 Å². The molecule has 0 bridgehead atoms. The summed E-state index contributed by atoms with van der Waals surface area (Å²) >= 11 is 0. The van der Waals surface area contributed by atoms with Crippen LogP contribution in [0.3, 0.4) is 0 Å². The molecule has 78 valence electrons.